The Morgan fingerprint density at radius 2 is 2.11 bits per heavy atom. The minimum atomic E-state index is 0.844. The van der Waals surface area contributed by atoms with E-state index in [-0.39, 0.29) is 0 Å². The fourth-order valence-corrected chi connectivity index (χ4v) is 1.81. The molecular formula is C8H6P. The Labute approximate surface area is 55.6 Å². The minimum absolute atomic E-state index is 0.844. The van der Waals surface area contributed by atoms with E-state index in [1.165, 1.54) is 10.5 Å². The summed E-state index contributed by atoms with van der Waals surface area (Å²) >= 11 is 0. The Morgan fingerprint density at radius 3 is 3.00 bits per heavy atom. The molecule has 0 saturated carbocycles. The first-order valence-electron chi connectivity index (χ1n) is 2.90. The van der Waals surface area contributed by atoms with E-state index in [4.69, 9.17) is 0 Å². The van der Waals surface area contributed by atoms with Gasteiger partial charge in [-0.15, -0.1) is 8.19 Å². The lowest BCUT2D eigenvalue weighted by Gasteiger charge is -1.82. The lowest BCUT2D eigenvalue weighted by atomic mass is 10.3. The number of hydrogen-bond acceptors (Lipinski definition) is 0. The lowest BCUT2D eigenvalue weighted by molar-refractivity contribution is 1.85. The van der Waals surface area contributed by atoms with E-state index in [1.54, 1.807) is 0 Å². The van der Waals surface area contributed by atoms with Crippen molar-refractivity contribution in [1.29, 1.82) is 0 Å². The third-order valence-corrected chi connectivity index (χ3v) is 2.42. The van der Waals surface area contributed by atoms with Crippen LogP contribution in [-0.4, -0.2) is 0 Å². The summed E-state index contributed by atoms with van der Waals surface area (Å²) in [6.45, 7) is 0. The Bertz CT molecular complexity index is 279. The molecule has 0 bridgehead atoms. The summed E-state index contributed by atoms with van der Waals surface area (Å²) in [6.07, 6.45) is 0. The molecular weight excluding hydrogens is 127 g/mol. The van der Waals surface area contributed by atoms with Crippen LogP contribution in [0.4, 0.5) is 0 Å². The summed E-state index contributed by atoms with van der Waals surface area (Å²) in [4.78, 5) is 0. The fraction of sp³-hybridized carbons (Fsp3) is 0. The standard InChI is InChI=1S/C8H6P/c1-2-4-8-7(3-1)5-6-9-8/h1-4,6,9H. The molecule has 0 aliphatic carbocycles. The molecule has 2 aromatic rings. The molecule has 0 aliphatic heterocycles. The highest BCUT2D eigenvalue weighted by molar-refractivity contribution is 7.36. The zero-order chi connectivity index (χ0) is 6.10. The second kappa shape index (κ2) is 1.89. The van der Waals surface area contributed by atoms with E-state index in [0.717, 1.165) is 8.19 Å². The molecule has 0 amide bonds. The van der Waals surface area contributed by atoms with Crippen LogP contribution in [0.2, 0.25) is 0 Å². The van der Waals surface area contributed by atoms with Gasteiger partial charge in [0.2, 0.25) is 0 Å². The lowest BCUT2D eigenvalue weighted by Crippen LogP contribution is -1.56. The van der Waals surface area contributed by atoms with Crippen LogP contribution in [0.1, 0.15) is 0 Å². The molecule has 0 N–H and O–H groups in total. The fourth-order valence-electron chi connectivity index (χ4n) is 0.926. The first-order valence-corrected chi connectivity index (χ1v) is 3.98. The number of benzene rings is 1. The van der Waals surface area contributed by atoms with Crippen molar-refractivity contribution in [3.05, 3.63) is 36.1 Å². The zero-order valence-electron chi connectivity index (χ0n) is 4.89. The average Bonchev–Trinajstić information content (AvgIpc) is 2.33. The van der Waals surface area contributed by atoms with Crippen molar-refractivity contribution in [2.24, 2.45) is 0 Å². The van der Waals surface area contributed by atoms with Crippen molar-refractivity contribution in [2.45, 2.75) is 0 Å². The van der Waals surface area contributed by atoms with Gasteiger partial charge in [-0.25, -0.2) is 0 Å². The van der Waals surface area contributed by atoms with Crippen LogP contribution in [0.3, 0.4) is 0 Å². The monoisotopic (exact) mass is 133 g/mol. The molecule has 0 nitrogen and oxygen atoms in total. The predicted octanol–water partition coefficient (Wildman–Crippen LogP) is 2.67. The minimum Gasteiger partial charge on any atom is -0.131 e. The number of hydrogen-bond donors (Lipinski definition) is 0. The van der Waals surface area contributed by atoms with Crippen LogP contribution in [-0.2, 0) is 0 Å². The first kappa shape index (κ1) is 5.08. The van der Waals surface area contributed by atoms with Crippen molar-refractivity contribution in [3.63, 3.8) is 0 Å². The quantitative estimate of drug-likeness (QED) is 0.518. The Kier molecular flexibility index (Phi) is 1.07. The van der Waals surface area contributed by atoms with Crippen LogP contribution in [0, 0.1) is 6.07 Å². The molecule has 1 atom stereocenters. The van der Waals surface area contributed by atoms with Crippen molar-refractivity contribution in [3.8, 4) is 0 Å². The van der Waals surface area contributed by atoms with Crippen LogP contribution in [0.15, 0.2) is 30.1 Å². The number of rotatable bonds is 0. The summed E-state index contributed by atoms with van der Waals surface area (Å²) < 4.78 is 0. The van der Waals surface area contributed by atoms with Gasteiger partial charge in [0.15, 0.2) is 0 Å². The van der Waals surface area contributed by atoms with Crippen molar-refractivity contribution < 1.29 is 0 Å². The van der Waals surface area contributed by atoms with Gasteiger partial charge in [0.05, 0.1) is 0 Å². The van der Waals surface area contributed by atoms with Gasteiger partial charge >= 0.3 is 0 Å². The maximum absolute atomic E-state index is 3.19. The Morgan fingerprint density at radius 1 is 1.22 bits per heavy atom. The highest BCUT2D eigenvalue weighted by Gasteiger charge is 1.87. The maximum Gasteiger partial charge on any atom is -0.00118 e. The van der Waals surface area contributed by atoms with Crippen LogP contribution in [0.5, 0.6) is 0 Å². The van der Waals surface area contributed by atoms with Crippen molar-refractivity contribution in [1.82, 2.24) is 0 Å². The molecule has 43 valence electrons. The predicted molar refractivity (Wildman–Crippen MR) is 42.3 cm³/mol. The summed E-state index contributed by atoms with van der Waals surface area (Å²) in [6, 6.07) is 11.6. The third kappa shape index (κ3) is 0.760. The van der Waals surface area contributed by atoms with Gasteiger partial charge in [-0.2, -0.15) is 0 Å². The van der Waals surface area contributed by atoms with Gasteiger partial charge in [0.1, 0.15) is 0 Å². The van der Waals surface area contributed by atoms with Crippen molar-refractivity contribution >= 4 is 18.7 Å². The van der Waals surface area contributed by atoms with Gasteiger partial charge in [-0.3, -0.25) is 0 Å². The van der Waals surface area contributed by atoms with E-state index < -0.39 is 0 Å². The number of fused-ring (bicyclic) bond motifs is 1. The van der Waals surface area contributed by atoms with Gasteiger partial charge in [0, 0.05) is 0 Å². The molecule has 1 unspecified atom stereocenters. The molecule has 1 radical (unpaired) electrons. The molecule has 2 rings (SSSR count). The summed E-state index contributed by atoms with van der Waals surface area (Å²) in [5, 5.41) is 2.70. The highest BCUT2D eigenvalue weighted by atomic mass is 31.0. The normalized spacial score (nSPS) is 11.1. The van der Waals surface area contributed by atoms with E-state index in [2.05, 4.69) is 36.1 Å². The van der Waals surface area contributed by atoms with Gasteiger partial charge in [-0.05, 0) is 22.4 Å². The first-order chi connectivity index (χ1) is 4.47. The Balaban J connectivity index is 2.95. The third-order valence-electron chi connectivity index (χ3n) is 1.38. The molecule has 9 heavy (non-hydrogen) atoms. The molecule has 1 aromatic carbocycles. The second-order valence-corrected chi connectivity index (χ2v) is 3.09. The smallest absolute Gasteiger partial charge is 0.00118 e. The summed E-state index contributed by atoms with van der Waals surface area (Å²) in [5.41, 5.74) is 0. The van der Waals surface area contributed by atoms with Crippen LogP contribution in [0.25, 0.3) is 10.5 Å². The molecule has 0 fully saturated rings. The molecule has 1 aromatic heterocycles. The van der Waals surface area contributed by atoms with Gasteiger partial charge in [-0.1, -0.05) is 24.3 Å². The Hall–Kier alpha value is -0.740. The molecule has 1 heterocycles. The van der Waals surface area contributed by atoms with Crippen LogP contribution < -0.4 is 0 Å². The van der Waals surface area contributed by atoms with Crippen molar-refractivity contribution in [2.75, 3.05) is 0 Å². The summed E-state index contributed by atoms with van der Waals surface area (Å²) in [5.74, 6) is 2.10. The largest absolute Gasteiger partial charge is 0.131 e. The van der Waals surface area contributed by atoms with E-state index in [9.17, 15) is 0 Å². The van der Waals surface area contributed by atoms with E-state index in [1.807, 2.05) is 0 Å². The van der Waals surface area contributed by atoms with E-state index in [0.29, 0.717) is 0 Å². The average molecular weight is 133 g/mol. The SMILES string of the molecule is [c]1c[pH]c2ccccc12. The molecule has 0 saturated heterocycles. The van der Waals surface area contributed by atoms with Crippen LogP contribution >= 0.6 is 8.19 Å². The molecule has 0 spiro atoms. The summed E-state index contributed by atoms with van der Waals surface area (Å²) in [7, 11) is 0.844. The van der Waals surface area contributed by atoms with E-state index >= 15 is 0 Å². The topological polar surface area (TPSA) is 0 Å². The second-order valence-electron chi connectivity index (χ2n) is 1.98. The highest BCUT2D eigenvalue weighted by Crippen LogP contribution is 2.22. The van der Waals surface area contributed by atoms with Gasteiger partial charge in [0.25, 0.3) is 0 Å². The zero-order valence-corrected chi connectivity index (χ0v) is 5.89. The maximum atomic E-state index is 3.19. The molecule has 1 heteroatoms. The molecule has 0 aliphatic rings. The van der Waals surface area contributed by atoms with Gasteiger partial charge < -0.3 is 0 Å².